The van der Waals surface area contributed by atoms with Crippen molar-refractivity contribution in [1.29, 1.82) is 0 Å². The van der Waals surface area contributed by atoms with E-state index in [1.165, 1.54) is 23.0 Å². The molecule has 0 aliphatic carbocycles. The van der Waals surface area contributed by atoms with Crippen LogP contribution in [0.4, 0.5) is 4.39 Å². The monoisotopic (exact) mass is 370 g/mol. The lowest BCUT2D eigenvalue weighted by molar-refractivity contribution is 0.0949. The molecule has 0 saturated heterocycles. The first kappa shape index (κ1) is 18.4. The summed E-state index contributed by atoms with van der Waals surface area (Å²) in [6.45, 7) is 0.418. The number of methoxy groups -OCH3 is 2. The van der Waals surface area contributed by atoms with Gasteiger partial charge in [0.2, 0.25) is 0 Å². The summed E-state index contributed by atoms with van der Waals surface area (Å²) in [4.78, 5) is 12.2. The number of rotatable bonds is 7. The third-order valence-corrected chi connectivity index (χ3v) is 3.95. The number of nitrogens with zero attached hydrogens (tertiary/aromatic N) is 3. The molecule has 1 N–H and O–H groups in total. The van der Waals surface area contributed by atoms with Gasteiger partial charge in [-0.05, 0) is 42.3 Å². The first-order valence-electron chi connectivity index (χ1n) is 8.28. The minimum atomic E-state index is -0.385. The van der Waals surface area contributed by atoms with Gasteiger partial charge in [-0.2, -0.15) is 0 Å². The van der Waals surface area contributed by atoms with Gasteiger partial charge in [0.1, 0.15) is 5.82 Å². The van der Waals surface area contributed by atoms with Gasteiger partial charge in [0, 0.05) is 6.54 Å². The zero-order valence-corrected chi connectivity index (χ0v) is 15.0. The van der Waals surface area contributed by atoms with Crippen molar-refractivity contribution in [2.24, 2.45) is 0 Å². The number of carbonyl (C=O) groups is 1. The highest BCUT2D eigenvalue weighted by molar-refractivity contribution is 5.91. The van der Waals surface area contributed by atoms with Crippen LogP contribution in [0.3, 0.4) is 0 Å². The Morgan fingerprint density at radius 2 is 1.96 bits per heavy atom. The number of hydrogen-bond acceptors (Lipinski definition) is 5. The van der Waals surface area contributed by atoms with Crippen LogP contribution in [0.2, 0.25) is 0 Å². The van der Waals surface area contributed by atoms with E-state index < -0.39 is 0 Å². The van der Waals surface area contributed by atoms with Gasteiger partial charge in [0.05, 0.1) is 26.1 Å². The molecule has 0 bridgehead atoms. The predicted octanol–water partition coefficient (Wildman–Crippen LogP) is 2.40. The first-order valence-corrected chi connectivity index (χ1v) is 8.28. The summed E-state index contributed by atoms with van der Waals surface area (Å²) in [5, 5.41) is 10.5. The second-order valence-electron chi connectivity index (χ2n) is 5.72. The fourth-order valence-electron chi connectivity index (χ4n) is 2.56. The number of carbonyl (C=O) groups excluding carboxylic acids is 1. The number of ether oxygens (including phenoxy) is 2. The van der Waals surface area contributed by atoms with Crippen molar-refractivity contribution in [3.05, 3.63) is 65.7 Å². The highest BCUT2D eigenvalue weighted by atomic mass is 19.1. The van der Waals surface area contributed by atoms with Gasteiger partial charge in [-0.25, -0.2) is 9.07 Å². The maximum absolute atomic E-state index is 13.3. The SMILES string of the molecule is COc1ccc(CCNC(=O)c2cn(-c3cccc(F)c3)nn2)cc1OC. The molecule has 0 atom stereocenters. The molecule has 2 aromatic carbocycles. The largest absolute Gasteiger partial charge is 0.493 e. The maximum Gasteiger partial charge on any atom is 0.273 e. The molecule has 0 unspecified atom stereocenters. The maximum atomic E-state index is 13.3. The molecule has 3 aromatic rings. The number of nitrogens with one attached hydrogen (secondary N) is 1. The van der Waals surface area contributed by atoms with Crippen LogP contribution < -0.4 is 14.8 Å². The molecule has 0 saturated carbocycles. The molecule has 7 nitrogen and oxygen atoms in total. The van der Waals surface area contributed by atoms with Crippen LogP contribution in [0.25, 0.3) is 5.69 Å². The highest BCUT2D eigenvalue weighted by Gasteiger charge is 2.12. The molecule has 1 amide bonds. The molecule has 8 heteroatoms. The van der Waals surface area contributed by atoms with E-state index in [1.54, 1.807) is 26.4 Å². The molecule has 1 aromatic heterocycles. The van der Waals surface area contributed by atoms with Crippen LogP contribution in [0, 0.1) is 5.82 Å². The van der Waals surface area contributed by atoms with E-state index >= 15 is 0 Å². The molecular formula is C19H19FN4O3. The van der Waals surface area contributed by atoms with Crippen LogP contribution in [0.5, 0.6) is 11.5 Å². The summed E-state index contributed by atoms with van der Waals surface area (Å²) < 4.78 is 25.1. The molecule has 27 heavy (non-hydrogen) atoms. The number of benzene rings is 2. The lowest BCUT2D eigenvalue weighted by Gasteiger charge is -2.09. The number of halogens is 1. The average Bonchev–Trinajstić information content (AvgIpc) is 3.18. The summed E-state index contributed by atoms with van der Waals surface area (Å²) in [5.74, 6) is 0.556. The van der Waals surface area contributed by atoms with E-state index in [9.17, 15) is 9.18 Å². The van der Waals surface area contributed by atoms with Crippen LogP contribution in [-0.4, -0.2) is 41.7 Å². The normalized spacial score (nSPS) is 10.5. The third-order valence-electron chi connectivity index (χ3n) is 3.95. The zero-order chi connectivity index (χ0) is 19.2. The Balaban J connectivity index is 1.59. The van der Waals surface area contributed by atoms with Gasteiger partial charge in [0.25, 0.3) is 5.91 Å². The molecule has 3 rings (SSSR count). The summed E-state index contributed by atoms with van der Waals surface area (Å²) in [6.07, 6.45) is 2.07. The highest BCUT2D eigenvalue weighted by Crippen LogP contribution is 2.27. The summed E-state index contributed by atoms with van der Waals surface area (Å²) in [7, 11) is 3.15. The van der Waals surface area contributed by atoms with Crippen LogP contribution in [-0.2, 0) is 6.42 Å². The Kier molecular flexibility index (Phi) is 5.65. The average molecular weight is 370 g/mol. The molecule has 1 heterocycles. The quantitative estimate of drug-likeness (QED) is 0.691. The molecule has 0 aliphatic rings. The van der Waals surface area contributed by atoms with Gasteiger partial charge in [0.15, 0.2) is 17.2 Å². The van der Waals surface area contributed by atoms with Crippen LogP contribution in [0.15, 0.2) is 48.7 Å². The van der Waals surface area contributed by atoms with Crippen molar-refractivity contribution in [1.82, 2.24) is 20.3 Å². The van der Waals surface area contributed by atoms with Crippen molar-refractivity contribution in [2.75, 3.05) is 20.8 Å². The number of hydrogen-bond donors (Lipinski definition) is 1. The molecule has 0 aliphatic heterocycles. The Morgan fingerprint density at radius 3 is 2.70 bits per heavy atom. The lowest BCUT2D eigenvalue weighted by atomic mass is 10.1. The molecule has 0 fully saturated rings. The van der Waals surface area contributed by atoms with Gasteiger partial charge in [-0.3, -0.25) is 4.79 Å². The standard InChI is InChI=1S/C19H19FN4O3/c1-26-17-7-6-13(10-18(17)27-2)8-9-21-19(25)16-12-24(23-22-16)15-5-3-4-14(20)11-15/h3-7,10-12H,8-9H2,1-2H3,(H,21,25). The number of aromatic nitrogens is 3. The van der Waals surface area contributed by atoms with E-state index in [-0.39, 0.29) is 17.4 Å². The van der Waals surface area contributed by atoms with E-state index in [4.69, 9.17) is 9.47 Å². The van der Waals surface area contributed by atoms with Gasteiger partial charge < -0.3 is 14.8 Å². The van der Waals surface area contributed by atoms with Crippen molar-refractivity contribution >= 4 is 5.91 Å². The summed E-state index contributed by atoms with van der Waals surface area (Å²) >= 11 is 0. The Labute approximate surface area is 155 Å². The van der Waals surface area contributed by atoms with Gasteiger partial charge in [-0.15, -0.1) is 5.10 Å². The fraction of sp³-hybridized carbons (Fsp3) is 0.211. The smallest absolute Gasteiger partial charge is 0.273 e. The van der Waals surface area contributed by atoms with Crippen molar-refractivity contribution in [2.45, 2.75) is 6.42 Å². The summed E-state index contributed by atoms with van der Waals surface area (Å²) in [6, 6.07) is 11.5. The first-order chi connectivity index (χ1) is 13.1. The Morgan fingerprint density at radius 1 is 1.15 bits per heavy atom. The van der Waals surface area contributed by atoms with Gasteiger partial charge >= 0.3 is 0 Å². The van der Waals surface area contributed by atoms with E-state index in [2.05, 4.69) is 15.6 Å². The molecule has 0 radical (unpaired) electrons. The van der Waals surface area contributed by atoms with Gasteiger partial charge in [-0.1, -0.05) is 17.3 Å². The Bertz CT molecular complexity index is 942. The lowest BCUT2D eigenvalue weighted by Crippen LogP contribution is -2.26. The number of amides is 1. The predicted molar refractivity (Wildman–Crippen MR) is 96.9 cm³/mol. The summed E-state index contributed by atoms with van der Waals surface area (Å²) in [5.41, 5.74) is 1.65. The fourth-order valence-corrected chi connectivity index (χ4v) is 2.56. The molecule has 0 spiro atoms. The van der Waals surface area contributed by atoms with E-state index in [0.717, 1.165) is 5.56 Å². The van der Waals surface area contributed by atoms with Crippen molar-refractivity contribution in [3.63, 3.8) is 0 Å². The second-order valence-corrected chi connectivity index (χ2v) is 5.72. The van der Waals surface area contributed by atoms with E-state index in [1.807, 2.05) is 18.2 Å². The molecule has 140 valence electrons. The Hall–Kier alpha value is -3.42. The van der Waals surface area contributed by atoms with Crippen molar-refractivity contribution in [3.8, 4) is 17.2 Å². The van der Waals surface area contributed by atoms with Crippen LogP contribution in [0.1, 0.15) is 16.1 Å². The van der Waals surface area contributed by atoms with Crippen LogP contribution >= 0.6 is 0 Å². The zero-order valence-electron chi connectivity index (χ0n) is 15.0. The minimum absolute atomic E-state index is 0.159. The minimum Gasteiger partial charge on any atom is -0.493 e. The topological polar surface area (TPSA) is 78.3 Å². The van der Waals surface area contributed by atoms with Crippen molar-refractivity contribution < 1.29 is 18.7 Å². The van der Waals surface area contributed by atoms with E-state index in [0.29, 0.717) is 30.2 Å². The molecular weight excluding hydrogens is 351 g/mol. The second kappa shape index (κ2) is 8.31. The third kappa shape index (κ3) is 4.41.